The van der Waals surface area contributed by atoms with Gasteiger partial charge < -0.3 is 5.11 Å². The fraction of sp³-hybridized carbons (Fsp3) is 0.727. The summed E-state index contributed by atoms with van der Waals surface area (Å²) in [6, 6.07) is 0. The van der Waals surface area contributed by atoms with Crippen molar-refractivity contribution in [2.75, 3.05) is 0 Å². The lowest BCUT2D eigenvalue weighted by Crippen LogP contribution is -2.26. The van der Waals surface area contributed by atoms with Crippen molar-refractivity contribution in [3.05, 3.63) is 17.5 Å². The summed E-state index contributed by atoms with van der Waals surface area (Å²) in [5.41, 5.74) is 2.24. The van der Waals surface area contributed by atoms with Gasteiger partial charge in [-0.2, -0.15) is 5.10 Å². The summed E-state index contributed by atoms with van der Waals surface area (Å²) in [6.45, 7) is 4.35. The topological polar surface area (TPSA) is 38.0 Å². The fourth-order valence-corrected chi connectivity index (χ4v) is 2.45. The van der Waals surface area contributed by atoms with Crippen molar-refractivity contribution in [2.45, 2.75) is 32.8 Å². The van der Waals surface area contributed by atoms with E-state index < -0.39 is 0 Å². The van der Waals surface area contributed by atoms with E-state index in [0.717, 1.165) is 18.5 Å². The Morgan fingerprint density at radius 3 is 2.93 bits per heavy atom. The van der Waals surface area contributed by atoms with Crippen molar-refractivity contribution < 1.29 is 5.11 Å². The van der Waals surface area contributed by atoms with Crippen LogP contribution in [0.2, 0.25) is 0 Å². The quantitative estimate of drug-likeness (QED) is 0.738. The van der Waals surface area contributed by atoms with E-state index in [1.807, 2.05) is 17.9 Å². The van der Waals surface area contributed by atoms with Crippen LogP contribution in [0.1, 0.15) is 37.6 Å². The first-order chi connectivity index (χ1) is 6.61. The molecule has 1 aliphatic rings. The second-order valence-electron chi connectivity index (χ2n) is 4.57. The highest BCUT2D eigenvalue weighted by atomic mass is 16.3. The summed E-state index contributed by atoms with van der Waals surface area (Å²) in [4.78, 5) is 0. The first kappa shape index (κ1) is 9.71. The van der Waals surface area contributed by atoms with Crippen molar-refractivity contribution in [1.29, 1.82) is 0 Å². The molecule has 3 heteroatoms. The summed E-state index contributed by atoms with van der Waals surface area (Å²) in [6.07, 6.45) is 3.70. The minimum Gasteiger partial charge on any atom is -0.387 e. The minimum atomic E-state index is -0.328. The van der Waals surface area contributed by atoms with Crippen molar-refractivity contribution in [3.8, 4) is 0 Å². The molecule has 1 aliphatic carbocycles. The van der Waals surface area contributed by atoms with Gasteiger partial charge in [0.25, 0.3) is 0 Å². The Labute approximate surface area is 84.7 Å². The smallest absolute Gasteiger partial charge is 0.0989 e. The average molecular weight is 194 g/mol. The number of nitrogens with zero attached hydrogens (tertiary/aromatic N) is 2. The molecular formula is C11H18N2O. The molecule has 0 saturated carbocycles. The molecule has 0 radical (unpaired) electrons. The summed E-state index contributed by atoms with van der Waals surface area (Å²) in [5, 5.41) is 14.4. The van der Waals surface area contributed by atoms with E-state index in [1.165, 1.54) is 5.56 Å². The van der Waals surface area contributed by atoms with Crippen LogP contribution in [0.4, 0.5) is 0 Å². The molecule has 14 heavy (non-hydrogen) atoms. The normalized spacial score (nSPS) is 26.6. The molecule has 3 nitrogen and oxygen atoms in total. The van der Waals surface area contributed by atoms with Gasteiger partial charge in [0.15, 0.2) is 0 Å². The van der Waals surface area contributed by atoms with Crippen molar-refractivity contribution in [1.82, 2.24) is 9.78 Å². The highest BCUT2D eigenvalue weighted by Gasteiger charge is 2.32. The van der Waals surface area contributed by atoms with Gasteiger partial charge in [-0.15, -0.1) is 0 Å². The third kappa shape index (κ3) is 1.36. The van der Waals surface area contributed by atoms with E-state index in [2.05, 4.69) is 18.9 Å². The van der Waals surface area contributed by atoms with Gasteiger partial charge in [-0.1, -0.05) is 13.8 Å². The highest BCUT2D eigenvalue weighted by molar-refractivity contribution is 5.24. The van der Waals surface area contributed by atoms with Crippen LogP contribution in [0, 0.1) is 11.8 Å². The number of hydrogen-bond acceptors (Lipinski definition) is 2. The Balaban J connectivity index is 2.34. The van der Waals surface area contributed by atoms with E-state index in [1.54, 1.807) is 0 Å². The van der Waals surface area contributed by atoms with E-state index in [9.17, 15) is 5.11 Å². The Kier molecular flexibility index (Phi) is 2.35. The zero-order chi connectivity index (χ0) is 10.3. The third-order valence-corrected chi connectivity index (χ3v) is 3.35. The molecule has 0 amide bonds. The molecule has 0 bridgehead atoms. The van der Waals surface area contributed by atoms with E-state index in [0.29, 0.717) is 11.8 Å². The van der Waals surface area contributed by atoms with Crippen LogP contribution >= 0.6 is 0 Å². The van der Waals surface area contributed by atoms with Gasteiger partial charge in [-0.25, -0.2) is 0 Å². The third-order valence-electron chi connectivity index (χ3n) is 3.35. The largest absolute Gasteiger partial charge is 0.387 e. The van der Waals surface area contributed by atoms with Gasteiger partial charge in [0.05, 0.1) is 18.0 Å². The number of aromatic nitrogens is 2. The van der Waals surface area contributed by atoms with Gasteiger partial charge in [-0.05, 0) is 30.2 Å². The van der Waals surface area contributed by atoms with Gasteiger partial charge >= 0.3 is 0 Å². The fourth-order valence-electron chi connectivity index (χ4n) is 2.45. The molecule has 1 aromatic rings. The van der Waals surface area contributed by atoms with Crippen LogP contribution in [0.5, 0.6) is 0 Å². The molecule has 1 N–H and O–H groups in total. The van der Waals surface area contributed by atoms with E-state index in [-0.39, 0.29) is 6.10 Å². The Hall–Kier alpha value is -0.830. The number of fused-ring (bicyclic) bond motifs is 1. The van der Waals surface area contributed by atoms with Crippen molar-refractivity contribution in [3.63, 3.8) is 0 Å². The predicted molar refractivity (Wildman–Crippen MR) is 54.8 cm³/mol. The molecule has 0 aromatic carbocycles. The van der Waals surface area contributed by atoms with Crippen LogP contribution in [-0.4, -0.2) is 14.9 Å². The van der Waals surface area contributed by atoms with Crippen LogP contribution in [0.15, 0.2) is 6.20 Å². The monoisotopic (exact) mass is 194 g/mol. The van der Waals surface area contributed by atoms with Gasteiger partial charge in [0, 0.05) is 7.05 Å². The maximum Gasteiger partial charge on any atom is 0.0989 e. The molecule has 1 aromatic heterocycles. The molecule has 0 spiro atoms. The second-order valence-corrected chi connectivity index (χ2v) is 4.57. The molecule has 1 heterocycles. The summed E-state index contributed by atoms with van der Waals surface area (Å²) in [5.74, 6) is 0.922. The molecule has 2 atom stereocenters. The highest BCUT2D eigenvalue weighted by Crippen LogP contribution is 2.37. The van der Waals surface area contributed by atoms with Gasteiger partial charge in [-0.3, -0.25) is 4.68 Å². The van der Waals surface area contributed by atoms with Crippen LogP contribution < -0.4 is 0 Å². The predicted octanol–water partition coefficient (Wildman–Crippen LogP) is 1.67. The average Bonchev–Trinajstić information content (AvgIpc) is 2.48. The summed E-state index contributed by atoms with van der Waals surface area (Å²) in [7, 11) is 1.91. The van der Waals surface area contributed by atoms with Crippen molar-refractivity contribution in [2.24, 2.45) is 18.9 Å². The maximum absolute atomic E-state index is 10.2. The Morgan fingerprint density at radius 2 is 2.29 bits per heavy atom. The number of aliphatic hydroxyl groups is 1. The number of aliphatic hydroxyl groups excluding tert-OH is 1. The zero-order valence-electron chi connectivity index (χ0n) is 9.07. The molecule has 0 fully saturated rings. The zero-order valence-corrected chi connectivity index (χ0v) is 9.07. The van der Waals surface area contributed by atoms with Gasteiger partial charge in [0.1, 0.15) is 0 Å². The Morgan fingerprint density at radius 1 is 1.57 bits per heavy atom. The lowest BCUT2D eigenvalue weighted by molar-refractivity contribution is 0.0600. The number of hydrogen-bond donors (Lipinski definition) is 1. The molecule has 0 aliphatic heterocycles. The van der Waals surface area contributed by atoms with Crippen LogP contribution in [-0.2, 0) is 13.5 Å². The second kappa shape index (κ2) is 3.39. The SMILES string of the molecule is CC(C)C1CCc2cnn(C)c2C1O. The lowest BCUT2D eigenvalue weighted by Gasteiger charge is -2.31. The molecule has 2 rings (SSSR count). The van der Waals surface area contributed by atoms with Gasteiger partial charge in [0.2, 0.25) is 0 Å². The number of aryl methyl sites for hydroxylation is 2. The lowest BCUT2D eigenvalue weighted by atomic mass is 9.79. The molecule has 78 valence electrons. The first-order valence-corrected chi connectivity index (χ1v) is 5.30. The molecular weight excluding hydrogens is 176 g/mol. The van der Waals surface area contributed by atoms with Crippen LogP contribution in [0.25, 0.3) is 0 Å². The summed E-state index contributed by atoms with van der Waals surface area (Å²) >= 11 is 0. The van der Waals surface area contributed by atoms with E-state index in [4.69, 9.17) is 0 Å². The van der Waals surface area contributed by atoms with Crippen LogP contribution in [0.3, 0.4) is 0 Å². The van der Waals surface area contributed by atoms with Crippen molar-refractivity contribution >= 4 is 0 Å². The maximum atomic E-state index is 10.2. The molecule has 0 saturated heterocycles. The molecule has 2 unspecified atom stereocenters. The first-order valence-electron chi connectivity index (χ1n) is 5.30. The van der Waals surface area contributed by atoms with E-state index >= 15 is 0 Å². The number of rotatable bonds is 1. The Bertz CT molecular complexity index is 330. The summed E-state index contributed by atoms with van der Waals surface area (Å²) < 4.78 is 1.81. The minimum absolute atomic E-state index is 0.328. The standard InChI is InChI=1S/C11H18N2O/c1-7(2)9-5-4-8-6-12-13(3)10(8)11(9)14/h6-7,9,11,14H,4-5H2,1-3H3.